The molecule has 0 bridgehead atoms. The van der Waals surface area contributed by atoms with Gasteiger partial charge in [0.05, 0.1) is 12.6 Å². The zero-order valence-corrected chi connectivity index (χ0v) is 21.6. The van der Waals surface area contributed by atoms with Crippen molar-refractivity contribution in [3.05, 3.63) is 47.5 Å². The Kier molecular flexibility index (Phi) is 8.66. The molecule has 1 amide bonds. The van der Waals surface area contributed by atoms with Crippen LogP contribution in [-0.2, 0) is 16.9 Å². The van der Waals surface area contributed by atoms with Gasteiger partial charge in [0.1, 0.15) is 6.33 Å². The number of aromatic nitrogens is 2. The normalized spacial score (nSPS) is 20.6. The van der Waals surface area contributed by atoms with Crippen LogP contribution in [0.4, 0.5) is 42.4 Å². The van der Waals surface area contributed by atoms with Gasteiger partial charge in [0.2, 0.25) is 11.7 Å². The van der Waals surface area contributed by atoms with Crippen LogP contribution in [0.1, 0.15) is 30.4 Å². The largest absolute Gasteiger partial charge is 0.430 e. The fraction of sp³-hybridized carbons (Fsp3) is 0.560. The van der Waals surface area contributed by atoms with Crippen LogP contribution in [0.15, 0.2) is 30.6 Å². The number of halogens is 7. The zero-order valence-electron chi connectivity index (χ0n) is 21.6. The molecule has 1 aromatic carbocycles. The molecule has 2 aromatic rings. The number of piperidine rings is 1. The van der Waals surface area contributed by atoms with Crippen molar-refractivity contribution < 1.29 is 45.7 Å². The highest BCUT2D eigenvalue weighted by Gasteiger charge is 2.71. The Balaban J connectivity index is 1.47. The summed E-state index contributed by atoms with van der Waals surface area (Å²) >= 11 is 0. The predicted molar refractivity (Wildman–Crippen MR) is 132 cm³/mol. The van der Waals surface area contributed by atoms with Gasteiger partial charge in [0.25, 0.3) is 5.60 Å². The molecule has 1 saturated carbocycles. The monoisotopic (exact) mass is 594 g/mol. The van der Waals surface area contributed by atoms with Gasteiger partial charge in [0.15, 0.2) is 11.6 Å². The van der Waals surface area contributed by atoms with Gasteiger partial charge < -0.3 is 26.2 Å². The standard InChI is InChI=1S/C25H29F7N6O3/c26-20-21(34-9-15-7-8-37(11-18(15)39)12-19(33)40)35-13-36-22(20)38(17-5-6-17)10-14-1-3-16(4-2-14)23(41,24(27,28)29)25(30,31)32/h1-4,13,15,17-18,39,41H,5-12H2,(H2,33,40)(H,34,35,36)/t15-,18+/m1/s1. The van der Waals surface area contributed by atoms with Gasteiger partial charge in [-0.3, -0.25) is 9.69 Å². The van der Waals surface area contributed by atoms with Crippen molar-refractivity contribution in [3.8, 4) is 0 Å². The number of anilines is 2. The van der Waals surface area contributed by atoms with Crippen molar-refractivity contribution in [2.24, 2.45) is 11.7 Å². The minimum absolute atomic E-state index is 0.0202. The summed E-state index contributed by atoms with van der Waals surface area (Å²) in [5.41, 5.74) is -0.964. The maximum Gasteiger partial charge on any atom is 0.430 e. The van der Waals surface area contributed by atoms with Crippen LogP contribution in [0.25, 0.3) is 0 Å². The molecule has 41 heavy (non-hydrogen) atoms. The Labute approximate surface area is 230 Å². The number of hydrogen-bond acceptors (Lipinski definition) is 8. The van der Waals surface area contributed by atoms with E-state index in [1.807, 2.05) is 0 Å². The molecular formula is C25H29F7N6O3. The quantitative estimate of drug-likeness (QED) is 0.310. The second-order valence-corrected chi connectivity index (χ2v) is 10.3. The third kappa shape index (κ3) is 6.64. The number of carbonyl (C=O) groups is 1. The third-order valence-electron chi connectivity index (χ3n) is 7.29. The molecule has 5 N–H and O–H groups in total. The van der Waals surface area contributed by atoms with E-state index in [9.17, 15) is 41.4 Å². The number of carbonyl (C=O) groups excluding carboxylic acids is 1. The first-order valence-corrected chi connectivity index (χ1v) is 12.8. The van der Waals surface area contributed by atoms with E-state index in [-0.39, 0.29) is 55.3 Å². The first-order chi connectivity index (χ1) is 19.1. The van der Waals surface area contributed by atoms with E-state index in [0.717, 1.165) is 18.5 Å². The van der Waals surface area contributed by atoms with Crippen LogP contribution in [0.5, 0.6) is 0 Å². The van der Waals surface area contributed by atoms with Crippen molar-refractivity contribution in [1.82, 2.24) is 14.9 Å². The lowest BCUT2D eigenvalue weighted by molar-refractivity contribution is -0.376. The molecule has 1 aliphatic heterocycles. The minimum atomic E-state index is -6.00. The van der Waals surface area contributed by atoms with E-state index < -0.39 is 41.3 Å². The summed E-state index contributed by atoms with van der Waals surface area (Å²) in [5.74, 6) is -1.82. The molecular weight excluding hydrogens is 565 g/mol. The second kappa shape index (κ2) is 11.6. The van der Waals surface area contributed by atoms with E-state index in [2.05, 4.69) is 15.3 Å². The van der Waals surface area contributed by atoms with E-state index in [1.165, 1.54) is 0 Å². The number of benzene rings is 1. The van der Waals surface area contributed by atoms with Crippen LogP contribution in [0.3, 0.4) is 0 Å². The van der Waals surface area contributed by atoms with Crippen LogP contribution in [-0.4, -0.2) is 81.7 Å². The van der Waals surface area contributed by atoms with Crippen molar-refractivity contribution in [3.63, 3.8) is 0 Å². The second-order valence-electron chi connectivity index (χ2n) is 10.3. The highest BCUT2D eigenvalue weighted by molar-refractivity contribution is 5.75. The Morgan fingerprint density at radius 2 is 1.71 bits per heavy atom. The molecule has 1 aromatic heterocycles. The average molecular weight is 595 g/mol. The minimum Gasteiger partial charge on any atom is -0.391 e. The molecule has 2 fully saturated rings. The number of likely N-dealkylation sites (tertiary alicyclic amines) is 1. The van der Waals surface area contributed by atoms with Crippen LogP contribution in [0.2, 0.25) is 0 Å². The number of aliphatic hydroxyl groups is 2. The molecule has 4 rings (SSSR count). The topological polar surface area (TPSA) is 128 Å². The van der Waals surface area contributed by atoms with Crippen molar-refractivity contribution in [2.75, 3.05) is 36.4 Å². The van der Waals surface area contributed by atoms with Crippen molar-refractivity contribution in [2.45, 2.75) is 55.9 Å². The Morgan fingerprint density at radius 1 is 1.07 bits per heavy atom. The summed E-state index contributed by atoms with van der Waals surface area (Å²) in [7, 11) is 0. The molecule has 0 radical (unpaired) electrons. The summed E-state index contributed by atoms with van der Waals surface area (Å²) < 4.78 is 94.8. The molecule has 226 valence electrons. The van der Waals surface area contributed by atoms with Gasteiger partial charge in [-0.05, 0) is 31.4 Å². The number of rotatable bonds is 10. The number of alkyl halides is 6. The Morgan fingerprint density at radius 3 is 2.24 bits per heavy atom. The van der Waals surface area contributed by atoms with Gasteiger partial charge in [-0.1, -0.05) is 24.3 Å². The van der Waals surface area contributed by atoms with Crippen molar-refractivity contribution in [1.29, 1.82) is 0 Å². The predicted octanol–water partition coefficient (Wildman–Crippen LogP) is 2.68. The lowest BCUT2D eigenvalue weighted by Crippen LogP contribution is -2.53. The van der Waals surface area contributed by atoms with Gasteiger partial charge >= 0.3 is 12.4 Å². The summed E-state index contributed by atoms with van der Waals surface area (Å²) in [6.45, 7) is 0.856. The molecule has 1 saturated heterocycles. The molecule has 1 aliphatic carbocycles. The first kappa shape index (κ1) is 30.7. The smallest absolute Gasteiger partial charge is 0.391 e. The summed E-state index contributed by atoms with van der Waals surface area (Å²) in [5, 5.41) is 22.9. The molecule has 0 spiro atoms. The number of primary amides is 1. The lowest BCUT2D eigenvalue weighted by Gasteiger charge is -2.35. The van der Waals surface area contributed by atoms with E-state index in [4.69, 9.17) is 5.73 Å². The number of amides is 1. The average Bonchev–Trinajstić information content (AvgIpc) is 3.71. The fourth-order valence-electron chi connectivity index (χ4n) is 4.86. The molecule has 2 atom stereocenters. The number of nitrogens with zero attached hydrogens (tertiary/aromatic N) is 4. The van der Waals surface area contributed by atoms with Gasteiger partial charge in [-0.2, -0.15) is 30.7 Å². The summed E-state index contributed by atoms with van der Waals surface area (Å²) in [6.07, 6.45) is -9.82. The lowest BCUT2D eigenvalue weighted by atomic mass is 9.91. The molecule has 2 aliphatic rings. The summed E-state index contributed by atoms with van der Waals surface area (Å²) in [6, 6.07) is 2.95. The number of aliphatic hydroxyl groups excluding tert-OH is 1. The highest BCUT2D eigenvalue weighted by Crippen LogP contribution is 2.50. The van der Waals surface area contributed by atoms with E-state index >= 15 is 4.39 Å². The van der Waals surface area contributed by atoms with Crippen LogP contribution in [0, 0.1) is 11.7 Å². The maximum absolute atomic E-state index is 15.5. The first-order valence-electron chi connectivity index (χ1n) is 12.8. The van der Waals surface area contributed by atoms with E-state index in [1.54, 1.807) is 9.80 Å². The molecule has 0 unspecified atom stereocenters. The third-order valence-corrected chi connectivity index (χ3v) is 7.29. The fourth-order valence-corrected chi connectivity index (χ4v) is 4.86. The van der Waals surface area contributed by atoms with Crippen LogP contribution < -0.4 is 16.0 Å². The molecule has 2 heterocycles. The van der Waals surface area contributed by atoms with E-state index in [0.29, 0.717) is 37.9 Å². The van der Waals surface area contributed by atoms with Crippen molar-refractivity contribution >= 4 is 17.5 Å². The SMILES string of the molecule is NC(=O)CN1CC[C@H](CNc2ncnc(N(Cc3ccc(C(O)(C(F)(F)F)C(F)(F)F)cc3)C3CC3)c2F)[C@@H](O)C1. The summed E-state index contributed by atoms with van der Waals surface area (Å²) in [4.78, 5) is 22.4. The Hall–Kier alpha value is -3.24. The highest BCUT2D eigenvalue weighted by atomic mass is 19.4. The number of nitrogens with one attached hydrogen (secondary N) is 1. The zero-order chi connectivity index (χ0) is 30.2. The maximum atomic E-state index is 15.5. The van der Waals surface area contributed by atoms with Gasteiger partial charge in [-0.25, -0.2) is 9.97 Å². The van der Waals surface area contributed by atoms with Crippen LogP contribution >= 0.6 is 0 Å². The van der Waals surface area contributed by atoms with Gasteiger partial charge in [-0.15, -0.1) is 0 Å². The Bertz CT molecular complexity index is 1210. The number of hydrogen-bond donors (Lipinski definition) is 4. The number of nitrogens with two attached hydrogens (primary N) is 1. The van der Waals surface area contributed by atoms with Gasteiger partial charge in [0, 0.05) is 37.2 Å². The molecule has 9 nitrogen and oxygen atoms in total. The molecule has 16 heteroatoms. The number of β-amino-alcohol motifs (C(OH)–C–C–N with tert-alkyl or cyclic N) is 1.